The number of aromatic nitrogens is 12. The van der Waals surface area contributed by atoms with Crippen LogP contribution in [-0.4, -0.2) is 190 Å². The van der Waals surface area contributed by atoms with Gasteiger partial charge in [0.15, 0.2) is 17.3 Å². The Kier molecular flexibility index (Phi) is 21.6. The average molecular weight is 1420 g/mol. The molecule has 4 aliphatic rings. The van der Waals surface area contributed by atoms with Gasteiger partial charge in [0.05, 0.1) is 19.3 Å². The smallest absolute Gasteiger partial charge is 0.169 e. The van der Waals surface area contributed by atoms with Crippen LogP contribution in [-0.2, 0) is 19.3 Å². The molecule has 1 saturated carbocycles. The Morgan fingerprint density at radius 2 is 0.765 bits per heavy atom. The summed E-state index contributed by atoms with van der Waals surface area (Å²) < 4.78 is 0. The third kappa shape index (κ3) is 17.1. The number of Topliss-reactive ketones (excluding diaryl/α,β-unsaturated/α-hetero) is 3. The van der Waals surface area contributed by atoms with Gasteiger partial charge in [-0.2, -0.15) is 0 Å². The standard InChI is InChI=1S/C26H26N6OS.2C26H28N6OS/c1-17-29-30-26(34-17)19-2-3-20-16-28-22(13-21(20)12-19)15-24(33)18-6-7-27-25(14-18)32-10-8-31(9-11-32)23-4-5-23;1-17(2)31-8-10-32(11-9-31)25-14-19(6-7-27-25)24(33)15-23-13-22-12-20(4-5-21(22)16-28-23)26-30-29-18(3)34-26;1-3-8-31-9-11-32(12-10-31)25-15-19(6-7-27-25)24(33)16-23-14-22-13-20(4-5-21(22)17-28-23)26-30-29-18(2)34-26/h2-3,6-7,12-14,16,23H,4-5,8-11,15H2,1H3;4-7,12-14,16-17H,8-11,15H2,1-3H3;4-7,13-15,17H,3,8-12,16H2,1-2H3. The van der Waals surface area contributed by atoms with E-state index >= 15 is 0 Å². The predicted octanol–water partition coefficient (Wildman–Crippen LogP) is 13.0. The lowest BCUT2D eigenvalue weighted by Gasteiger charge is -2.37. The largest absolute Gasteiger partial charge is 0.354 e. The number of pyridine rings is 6. The summed E-state index contributed by atoms with van der Waals surface area (Å²) in [7, 11) is 0. The van der Waals surface area contributed by atoms with Crippen molar-refractivity contribution in [2.45, 2.75) is 92.2 Å². The lowest BCUT2D eigenvalue weighted by atomic mass is 10.0. The Morgan fingerprint density at radius 1 is 0.412 bits per heavy atom. The number of carbonyl (C=O) groups is 3. The molecule has 9 aromatic heterocycles. The molecule has 0 radical (unpaired) electrons. The molecule has 3 saturated heterocycles. The molecule has 3 aromatic carbocycles. The van der Waals surface area contributed by atoms with Crippen LogP contribution in [0.15, 0.2) is 146 Å². The van der Waals surface area contributed by atoms with Crippen LogP contribution in [0.1, 0.15) is 103 Å². The van der Waals surface area contributed by atoms with Crippen LogP contribution >= 0.6 is 34.0 Å². The Balaban J connectivity index is 0.000000130. The Labute approximate surface area is 605 Å². The van der Waals surface area contributed by atoms with Crippen LogP contribution in [0.4, 0.5) is 17.5 Å². The number of piperazine rings is 3. The van der Waals surface area contributed by atoms with Crippen molar-refractivity contribution in [1.29, 1.82) is 0 Å². The molecule has 0 unspecified atom stereocenters. The average Bonchev–Trinajstić information content (AvgIpc) is 1.65. The van der Waals surface area contributed by atoms with E-state index < -0.39 is 0 Å². The van der Waals surface area contributed by atoms with E-state index in [4.69, 9.17) is 0 Å². The summed E-state index contributed by atoms with van der Waals surface area (Å²) in [6.07, 6.45) is 15.4. The molecule has 0 spiro atoms. The molecule has 16 rings (SSSR count). The van der Waals surface area contributed by atoms with Crippen molar-refractivity contribution in [1.82, 2.24) is 75.2 Å². The van der Waals surface area contributed by atoms with Crippen molar-refractivity contribution in [3.63, 3.8) is 0 Å². The van der Waals surface area contributed by atoms with E-state index in [1.165, 1.54) is 19.3 Å². The number of carbonyl (C=O) groups excluding carboxylic acids is 3. The molecule has 0 atom stereocenters. The number of nitrogens with zero attached hydrogens (tertiary/aromatic N) is 18. The molecule has 520 valence electrons. The number of benzene rings is 3. The predicted molar refractivity (Wildman–Crippen MR) is 408 cm³/mol. The number of aryl methyl sites for hydroxylation is 3. The second-order valence-corrected chi connectivity index (χ2v) is 30.3. The van der Waals surface area contributed by atoms with E-state index in [0.717, 1.165) is 205 Å². The topological polar surface area (TPSA) is 225 Å². The fourth-order valence-electron chi connectivity index (χ4n) is 13.3. The van der Waals surface area contributed by atoms with E-state index in [1.807, 2.05) is 118 Å². The molecule has 0 amide bonds. The molecular formula is C78H82N18O3S3. The molecule has 24 heteroatoms. The first-order valence-corrected chi connectivity index (χ1v) is 37.6. The van der Waals surface area contributed by atoms with E-state index in [9.17, 15) is 14.4 Å². The minimum absolute atomic E-state index is 0.0484. The minimum Gasteiger partial charge on any atom is -0.354 e. The molecule has 0 bridgehead atoms. The Morgan fingerprint density at radius 3 is 1.09 bits per heavy atom. The van der Waals surface area contributed by atoms with Gasteiger partial charge in [0.1, 0.15) is 47.5 Å². The summed E-state index contributed by atoms with van der Waals surface area (Å²) in [4.78, 5) is 80.9. The van der Waals surface area contributed by atoms with Crippen molar-refractivity contribution in [2.75, 3.05) is 99.8 Å². The molecule has 12 aromatic rings. The van der Waals surface area contributed by atoms with Crippen molar-refractivity contribution in [3.8, 4) is 31.7 Å². The van der Waals surface area contributed by atoms with Gasteiger partial charge in [0.25, 0.3) is 0 Å². The zero-order chi connectivity index (χ0) is 70.2. The highest BCUT2D eigenvalue weighted by Crippen LogP contribution is 2.33. The van der Waals surface area contributed by atoms with E-state index in [2.05, 4.69) is 129 Å². The van der Waals surface area contributed by atoms with Crippen molar-refractivity contribution >= 4 is 101 Å². The fourth-order valence-corrected chi connectivity index (χ4v) is 15.4. The third-order valence-electron chi connectivity index (χ3n) is 19.2. The number of rotatable bonds is 19. The van der Waals surface area contributed by atoms with Crippen LogP contribution in [0.25, 0.3) is 64.0 Å². The molecule has 21 nitrogen and oxygen atoms in total. The van der Waals surface area contributed by atoms with Crippen molar-refractivity contribution in [2.24, 2.45) is 0 Å². The molecule has 4 fully saturated rings. The summed E-state index contributed by atoms with van der Waals surface area (Å²) in [6.45, 7) is 25.5. The summed E-state index contributed by atoms with van der Waals surface area (Å²) in [5, 5.41) is 36.9. The summed E-state index contributed by atoms with van der Waals surface area (Å²) >= 11 is 4.72. The maximum atomic E-state index is 13.1. The third-order valence-corrected chi connectivity index (χ3v) is 21.9. The number of anilines is 3. The maximum absolute atomic E-state index is 13.1. The summed E-state index contributed by atoms with van der Waals surface area (Å²) in [6, 6.07) is 37.0. The van der Waals surface area contributed by atoms with Crippen LogP contribution < -0.4 is 14.7 Å². The zero-order valence-corrected chi connectivity index (χ0v) is 60.9. The van der Waals surface area contributed by atoms with E-state index in [1.54, 1.807) is 64.7 Å². The normalized spacial score (nSPS) is 15.4. The number of ketones is 3. The summed E-state index contributed by atoms with van der Waals surface area (Å²) in [5.41, 5.74) is 7.41. The number of fused-ring (bicyclic) bond motifs is 3. The van der Waals surface area contributed by atoms with Crippen LogP contribution in [0.2, 0.25) is 0 Å². The van der Waals surface area contributed by atoms with Gasteiger partial charge >= 0.3 is 0 Å². The molecule has 0 N–H and O–H groups in total. The van der Waals surface area contributed by atoms with Gasteiger partial charge in [0.2, 0.25) is 0 Å². The van der Waals surface area contributed by atoms with Gasteiger partial charge in [-0.3, -0.25) is 44.0 Å². The lowest BCUT2D eigenvalue weighted by molar-refractivity contribution is 0.0983. The molecule has 102 heavy (non-hydrogen) atoms. The summed E-state index contributed by atoms with van der Waals surface area (Å²) in [5.74, 6) is 2.80. The SMILES string of the molecule is CCCN1CCN(c2cc(C(=O)Cc3cc4cc(-c5nnc(C)s5)ccc4cn3)ccn2)CC1.Cc1nnc(-c2ccc3cnc(CC(=O)c4ccnc(N5CCN(C(C)C)CC5)c4)cc3c2)s1.Cc1nnc(-c2ccc3cnc(CC(=O)c4ccnc(N5CCN(C6CC6)CC5)c4)cc3c2)s1. The molecule has 1 aliphatic carbocycles. The van der Waals surface area contributed by atoms with Gasteiger partial charge in [-0.1, -0.05) is 77.3 Å². The first-order chi connectivity index (χ1) is 49.7. The first-order valence-electron chi connectivity index (χ1n) is 35.2. The highest BCUT2D eigenvalue weighted by Gasteiger charge is 2.32. The Hall–Kier alpha value is -9.69. The highest BCUT2D eigenvalue weighted by atomic mass is 32.1. The number of hydrogen-bond acceptors (Lipinski definition) is 24. The molecule has 3 aliphatic heterocycles. The van der Waals surface area contributed by atoms with E-state index in [-0.39, 0.29) is 36.6 Å². The van der Waals surface area contributed by atoms with Crippen LogP contribution in [0.5, 0.6) is 0 Å². The van der Waals surface area contributed by atoms with E-state index in [0.29, 0.717) is 22.7 Å². The zero-order valence-electron chi connectivity index (χ0n) is 58.4. The van der Waals surface area contributed by atoms with Crippen LogP contribution in [0.3, 0.4) is 0 Å². The fraction of sp³-hybridized carbons (Fsp3) is 0.346. The monoisotopic (exact) mass is 1410 g/mol. The molecular weight excluding hydrogens is 1330 g/mol. The molecule has 12 heterocycles. The van der Waals surface area contributed by atoms with Gasteiger partial charge in [-0.25, -0.2) is 15.0 Å². The van der Waals surface area contributed by atoms with Gasteiger partial charge in [0, 0.05) is 194 Å². The van der Waals surface area contributed by atoms with Gasteiger partial charge in [-0.15, -0.1) is 30.6 Å². The van der Waals surface area contributed by atoms with Crippen LogP contribution in [0, 0.1) is 20.8 Å². The highest BCUT2D eigenvalue weighted by molar-refractivity contribution is 7.15. The number of hydrogen-bond donors (Lipinski definition) is 0. The minimum atomic E-state index is 0.0484. The Bertz CT molecular complexity index is 4770. The quantitative estimate of drug-likeness (QED) is 0.0686. The second kappa shape index (κ2) is 31.7. The van der Waals surface area contributed by atoms with Gasteiger partial charge < -0.3 is 14.7 Å². The van der Waals surface area contributed by atoms with Crippen molar-refractivity contribution in [3.05, 3.63) is 195 Å². The maximum Gasteiger partial charge on any atom is 0.169 e. The lowest BCUT2D eigenvalue weighted by Crippen LogP contribution is -2.49. The first kappa shape index (κ1) is 69.4. The van der Waals surface area contributed by atoms with Gasteiger partial charge in [-0.05, 0) is 149 Å². The van der Waals surface area contributed by atoms with Crippen molar-refractivity contribution < 1.29 is 14.4 Å². The second-order valence-electron chi connectivity index (χ2n) is 26.8.